The molecular formula is C17H25ClN2O3. The van der Waals surface area contributed by atoms with Crippen LogP contribution in [0.4, 0.5) is 5.69 Å². The van der Waals surface area contributed by atoms with Gasteiger partial charge in [0.25, 0.3) is 0 Å². The summed E-state index contributed by atoms with van der Waals surface area (Å²) < 4.78 is 11.0. The number of hydrogen-bond donors (Lipinski definition) is 2. The molecule has 0 unspecified atom stereocenters. The van der Waals surface area contributed by atoms with Crippen LogP contribution in [0, 0.1) is 11.3 Å². The second-order valence-electron chi connectivity index (χ2n) is 6.40. The van der Waals surface area contributed by atoms with Gasteiger partial charge in [0.1, 0.15) is 5.75 Å². The monoisotopic (exact) mass is 340 g/mol. The van der Waals surface area contributed by atoms with Gasteiger partial charge in [0.2, 0.25) is 5.91 Å². The molecule has 1 aromatic rings. The lowest BCUT2D eigenvalue weighted by atomic mass is 9.79. The van der Waals surface area contributed by atoms with E-state index in [0.29, 0.717) is 61.6 Å². The zero-order valence-electron chi connectivity index (χ0n) is 13.7. The van der Waals surface area contributed by atoms with E-state index >= 15 is 0 Å². The minimum absolute atomic E-state index is 0.0739. The van der Waals surface area contributed by atoms with Crippen LogP contribution in [0.1, 0.15) is 26.7 Å². The number of rotatable bonds is 6. The van der Waals surface area contributed by atoms with E-state index in [4.69, 9.17) is 26.8 Å². The number of halogens is 1. The minimum Gasteiger partial charge on any atom is -0.492 e. The Morgan fingerprint density at radius 2 is 2.13 bits per heavy atom. The van der Waals surface area contributed by atoms with E-state index in [-0.39, 0.29) is 5.91 Å². The summed E-state index contributed by atoms with van der Waals surface area (Å²) in [6, 6.07) is 5.28. The van der Waals surface area contributed by atoms with E-state index in [0.717, 1.165) is 0 Å². The fourth-order valence-corrected chi connectivity index (χ4v) is 2.74. The maximum atomic E-state index is 12.6. The van der Waals surface area contributed by atoms with Crippen molar-refractivity contribution >= 4 is 23.2 Å². The Balaban J connectivity index is 2.04. The Kier molecular flexibility index (Phi) is 6.27. The van der Waals surface area contributed by atoms with E-state index in [1.165, 1.54) is 0 Å². The van der Waals surface area contributed by atoms with Crippen LogP contribution in [0.2, 0.25) is 5.02 Å². The summed E-state index contributed by atoms with van der Waals surface area (Å²) in [6.45, 7) is 6.18. The molecule has 1 amide bonds. The third kappa shape index (κ3) is 4.59. The summed E-state index contributed by atoms with van der Waals surface area (Å²) in [4.78, 5) is 12.6. The van der Waals surface area contributed by atoms with Gasteiger partial charge in [-0.15, -0.1) is 0 Å². The lowest BCUT2D eigenvalue weighted by Gasteiger charge is -2.34. The smallest absolute Gasteiger partial charge is 0.232 e. The third-order valence-electron chi connectivity index (χ3n) is 4.08. The van der Waals surface area contributed by atoms with Gasteiger partial charge in [0.05, 0.1) is 17.0 Å². The van der Waals surface area contributed by atoms with E-state index in [9.17, 15) is 4.79 Å². The second kappa shape index (κ2) is 7.99. The van der Waals surface area contributed by atoms with E-state index in [1.54, 1.807) is 18.2 Å². The van der Waals surface area contributed by atoms with Crippen LogP contribution >= 0.6 is 11.6 Å². The number of nitrogens with one attached hydrogen (secondary N) is 1. The Bertz CT molecular complexity index is 543. The van der Waals surface area contributed by atoms with Crippen LogP contribution in [0.5, 0.6) is 5.75 Å². The molecule has 0 spiro atoms. The molecule has 0 radical (unpaired) electrons. The highest BCUT2D eigenvalue weighted by Crippen LogP contribution is 2.33. The Morgan fingerprint density at radius 3 is 2.70 bits per heavy atom. The van der Waals surface area contributed by atoms with Gasteiger partial charge in [-0.1, -0.05) is 25.4 Å². The molecule has 128 valence electrons. The second-order valence-corrected chi connectivity index (χ2v) is 6.81. The summed E-state index contributed by atoms with van der Waals surface area (Å²) in [5.41, 5.74) is 5.94. The van der Waals surface area contributed by atoms with Crippen molar-refractivity contribution in [3.05, 3.63) is 23.2 Å². The van der Waals surface area contributed by atoms with Crippen molar-refractivity contribution in [2.45, 2.75) is 26.7 Å². The summed E-state index contributed by atoms with van der Waals surface area (Å²) in [7, 11) is 0. The molecule has 1 heterocycles. The molecule has 3 N–H and O–H groups in total. The maximum Gasteiger partial charge on any atom is 0.232 e. The van der Waals surface area contributed by atoms with Crippen molar-refractivity contribution in [3.8, 4) is 5.75 Å². The van der Waals surface area contributed by atoms with Gasteiger partial charge in [-0.2, -0.15) is 0 Å². The molecule has 23 heavy (non-hydrogen) atoms. The molecule has 0 saturated carbocycles. The average Bonchev–Trinajstić information content (AvgIpc) is 2.54. The van der Waals surface area contributed by atoms with Gasteiger partial charge in [0.15, 0.2) is 0 Å². The SMILES string of the molecule is CC(C)COc1ccc(NC(=O)C2(CN)CCOCC2)cc1Cl. The number of anilines is 1. The first-order valence-corrected chi connectivity index (χ1v) is 8.36. The predicted octanol–water partition coefficient (Wildman–Crippen LogP) is 3.07. The van der Waals surface area contributed by atoms with E-state index in [1.807, 2.05) is 0 Å². The average molecular weight is 341 g/mol. The number of carbonyl (C=O) groups is 1. The number of amides is 1. The largest absolute Gasteiger partial charge is 0.492 e. The van der Waals surface area contributed by atoms with Crippen LogP contribution in [0.15, 0.2) is 18.2 Å². The minimum atomic E-state index is -0.558. The van der Waals surface area contributed by atoms with Crippen molar-refractivity contribution in [1.29, 1.82) is 0 Å². The quantitative estimate of drug-likeness (QED) is 0.834. The lowest BCUT2D eigenvalue weighted by molar-refractivity contribution is -0.130. The molecule has 0 aliphatic carbocycles. The molecule has 0 aromatic heterocycles. The molecule has 0 atom stereocenters. The number of nitrogens with two attached hydrogens (primary N) is 1. The lowest BCUT2D eigenvalue weighted by Crippen LogP contribution is -2.46. The first-order valence-electron chi connectivity index (χ1n) is 7.98. The zero-order valence-corrected chi connectivity index (χ0v) is 14.5. The van der Waals surface area contributed by atoms with Crippen LogP contribution in [0.3, 0.4) is 0 Å². The first-order chi connectivity index (χ1) is 11.0. The van der Waals surface area contributed by atoms with Gasteiger partial charge in [-0.3, -0.25) is 4.79 Å². The van der Waals surface area contributed by atoms with Crippen molar-refractivity contribution < 1.29 is 14.3 Å². The van der Waals surface area contributed by atoms with Gasteiger partial charge in [-0.05, 0) is 37.0 Å². The Hall–Kier alpha value is -1.30. The number of benzene rings is 1. The topological polar surface area (TPSA) is 73.6 Å². The molecular weight excluding hydrogens is 316 g/mol. The van der Waals surface area contributed by atoms with Crippen LogP contribution < -0.4 is 15.8 Å². The highest BCUT2D eigenvalue weighted by molar-refractivity contribution is 6.32. The Labute approximate surface area is 142 Å². The van der Waals surface area contributed by atoms with Gasteiger partial charge >= 0.3 is 0 Å². The van der Waals surface area contributed by atoms with Gasteiger partial charge < -0.3 is 20.5 Å². The molecule has 1 fully saturated rings. The zero-order chi connectivity index (χ0) is 16.9. The van der Waals surface area contributed by atoms with E-state index < -0.39 is 5.41 Å². The molecule has 2 rings (SSSR count). The van der Waals surface area contributed by atoms with Crippen LogP contribution in [-0.4, -0.2) is 32.3 Å². The summed E-state index contributed by atoms with van der Waals surface area (Å²) in [5.74, 6) is 0.969. The van der Waals surface area contributed by atoms with E-state index in [2.05, 4.69) is 19.2 Å². The summed E-state index contributed by atoms with van der Waals surface area (Å²) in [6.07, 6.45) is 1.28. The first kappa shape index (κ1) is 18.0. The van der Waals surface area contributed by atoms with Crippen LogP contribution in [0.25, 0.3) is 0 Å². The van der Waals surface area contributed by atoms with Crippen molar-refractivity contribution in [2.24, 2.45) is 17.1 Å². The van der Waals surface area contributed by atoms with Crippen molar-refractivity contribution in [2.75, 3.05) is 31.7 Å². The predicted molar refractivity (Wildman–Crippen MR) is 92.0 cm³/mol. The van der Waals surface area contributed by atoms with Crippen molar-refractivity contribution in [3.63, 3.8) is 0 Å². The molecule has 1 aliphatic rings. The van der Waals surface area contributed by atoms with Crippen molar-refractivity contribution in [1.82, 2.24) is 0 Å². The highest BCUT2D eigenvalue weighted by atomic mass is 35.5. The number of hydrogen-bond acceptors (Lipinski definition) is 4. The molecule has 5 nitrogen and oxygen atoms in total. The fraction of sp³-hybridized carbons (Fsp3) is 0.588. The highest BCUT2D eigenvalue weighted by Gasteiger charge is 2.38. The standard InChI is InChI=1S/C17H25ClN2O3/c1-12(2)10-23-15-4-3-13(9-14(15)18)20-16(21)17(11-19)5-7-22-8-6-17/h3-4,9,12H,5-8,10-11,19H2,1-2H3,(H,20,21). The van der Waals surface area contributed by atoms with Gasteiger partial charge in [-0.25, -0.2) is 0 Å². The summed E-state index contributed by atoms with van der Waals surface area (Å²) >= 11 is 6.23. The number of ether oxygens (including phenoxy) is 2. The number of carbonyl (C=O) groups excluding carboxylic acids is 1. The Morgan fingerprint density at radius 1 is 1.43 bits per heavy atom. The maximum absolute atomic E-state index is 12.6. The molecule has 1 saturated heterocycles. The molecule has 6 heteroatoms. The molecule has 1 aromatic carbocycles. The fourth-order valence-electron chi connectivity index (χ4n) is 2.50. The van der Waals surface area contributed by atoms with Gasteiger partial charge in [0, 0.05) is 25.4 Å². The third-order valence-corrected chi connectivity index (χ3v) is 4.38. The molecule has 0 bridgehead atoms. The van der Waals surface area contributed by atoms with Crippen LogP contribution in [-0.2, 0) is 9.53 Å². The molecule has 1 aliphatic heterocycles. The normalized spacial score (nSPS) is 17.1. The summed E-state index contributed by atoms with van der Waals surface area (Å²) in [5, 5.41) is 3.41.